The Morgan fingerprint density at radius 2 is 2.11 bits per heavy atom. The average molecular weight is 244 g/mol. The molecule has 0 aromatic heterocycles. The quantitative estimate of drug-likeness (QED) is 0.822. The van der Waals surface area contributed by atoms with E-state index in [0.29, 0.717) is 18.0 Å². The Morgan fingerprint density at radius 3 is 2.89 bits per heavy atom. The Morgan fingerprint density at radius 1 is 1.33 bits per heavy atom. The van der Waals surface area contributed by atoms with Gasteiger partial charge >= 0.3 is 0 Å². The van der Waals surface area contributed by atoms with Gasteiger partial charge in [0, 0.05) is 37.7 Å². The van der Waals surface area contributed by atoms with E-state index in [2.05, 4.69) is 41.5 Å². The molecule has 3 rings (SSSR count). The molecule has 3 nitrogen and oxygen atoms in total. The van der Waals surface area contributed by atoms with Gasteiger partial charge in [-0.1, -0.05) is 18.2 Å². The molecule has 0 saturated heterocycles. The molecule has 1 heterocycles. The van der Waals surface area contributed by atoms with Crippen molar-refractivity contribution >= 4 is 11.6 Å². The second-order valence-electron chi connectivity index (χ2n) is 5.55. The maximum Gasteiger partial charge on any atom is 0.217 e. The van der Waals surface area contributed by atoms with E-state index in [1.165, 1.54) is 17.7 Å². The molecule has 1 aliphatic heterocycles. The van der Waals surface area contributed by atoms with Gasteiger partial charge in [-0.25, -0.2) is 0 Å². The highest BCUT2D eigenvalue weighted by atomic mass is 16.1. The first-order valence-electron chi connectivity index (χ1n) is 6.75. The molecular formula is C15H20N2O. The third-order valence-electron chi connectivity index (χ3n) is 4.44. The summed E-state index contributed by atoms with van der Waals surface area (Å²) in [4.78, 5) is 13.6. The van der Waals surface area contributed by atoms with E-state index in [9.17, 15) is 4.79 Å². The summed E-state index contributed by atoms with van der Waals surface area (Å²) in [6, 6.07) is 9.61. The fourth-order valence-electron chi connectivity index (χ4n) is 3.66. The van der Waals surface area contributed by atoms with Gasteiger partial charge in [-0.05, 0) is 30.9 Å². The van der Waals surface area contributed by atoms with E-state index in [1.54, 1.807) is 6.92 Å². The minimum Gasteiger partial charge on any atom is -0.371 e. The van der Waals surface area contributed by atoms with Crippen molar-refractivity contribution in [3.63, 3.8) is 0 Å². The highest BCUT2D eigenvalue weighted by molar-refractivity contribution is 5.73. The normalized spacial score (nSPS) is 29.7. The molecule has 1 aliphatic carbocycles. The van der Waals surface area contributed by atoms with Crippen LogP contribution < -0.4 is 10.2 Å². The van der Waals surface area contributed by atoms with Crippen molar-refractivity contribution in [2.75, 3.05) is 11.9 Å². The molecule has 1 unspecified atom stereocenters. The van der Waals surface area contributed by atoms with Gasteiger partial charge in [-0.3, -0.25) is 4.79 Å². The van der Waals surface area contributed by atoms with Crippen molar-refractivity contribution in [3.05, 3.63) is 29.8 Å². The zero-order valence-electron chi connectivity index (χ0n) is 11.0. The monoisotopic (exact) mass is 244 g/mol. The Balaban J connectivity index is 1.82. The molecule has 1 amide bonds. The first kappa shape index (κ1) is 11.6. The number of amides is 1. The van der Waals surface area contributed by atoms with Crippen molar-refractivity contribution in [2.45, 2.75) is 44.2 Å². The molecule has 1 aromatic rings. The van der Waals surface area contributed by atoms with Gasteiger partial charge in [-0.2, -0.15) is 0 Å². The van der Waals surface area contributed by atoms with Crippen LogP contribution in [-0.4, -0.2) is 25.0 Å². The third kappa shape index (κ3) is 1.78. The van der Waals surface area contributed by atoms with Gasteiger partial charge in [0.15, 0.2) is 0 Å². The summed E-state index contributed by atoms with van der Waals surface area (Å²) in [6.45, 7) is 1.61. The van der Waals surface area contributed by atoms with Crippen molar-refractivity contribution in [2.24, 2.45) is 0 Å². The zero-order valence-corrected chi connectivity index (χ0v) is 11.0. The minimum atomic E-state index is 0.0941. The lowest BCUT2D eigenvalue weighted by molar-refractivity contribution is -0.119. The topological polar surface area (TPSA) is 32.3 Å². The molecule has 1 fully saturated rings. The standard InChI is InChI=1S/C15H20N2O/c1-10(18)16-11-7-8-13-12-5-3-4-6-14(12)17(2)15(13)9-11/h3-6,11,13,15H,7-9H2,1-2H3,(H,16,18)/t11?,13-,15-/m0/s1. The number of fused-ring (bicyclic) bond motifs is 3. The second-order valence-corrected chi connectivity index (χ2v) is 5.55. The largest absolute Gasteiger partial charge is 0.371 e. The predicted molar refractivity (Wildman–Crippen MR) is 72.8 cm³/mol. The Bertz CT molecular complexity index is 471. The molecule has 3 atom stereocenters. The van der Waals surface area contributed by atoms with Crippen LogP contribution in [0.1, 0.15) is 37.7 Å². The first-order valence-corrected chi connectivity index (χ1v) is 6.75. The van der Waals surface area contributed by atoms with Crippen LogP contribution in [0, 0.1) is 0 Å². The van der Waals surface area contributed by atoms with Crippen molar-refractivity contribution < 1.29 is 4.79 Å². The van der Waals surface area contributed by atoms with Crippen LogP contribution in [0.5, 0.6) is 0 Å². The Labute approximate surface area is 108 Å². The molecule has 0 spiro atoms. The van der Waals surface area contributed by atoms with E-state index >= 15 is 0 Å². The van der Waals surface area contributed by atoms with E-state index < -0.39 is 0 Å². The molecule has 1 saturated carbocycles. The average Bonchev–Trinajstić information content (AvgIpc) is 2.63. The van der Waals surface area contributed by atoms with Gasteiger partial charge in [0.25, 0.3) is 0 Å². The molecule has 1 N–H and O–H groups in total. The van der Waals surface area contributed by atoms with Crippen LogP contribution in [0.4, 0.5) is 5.69 Å². The summed E-state index contributed by atoms with van der Waals surface area (Å²) >= 11 is 0. The van der Waals surface area contributed by atoms with Gasteiger partial charge in [-0.15, -0.1) is 0 Å². The molecule has 0 radical (unpaired) electrons. The number of hydrogen-bond acceptors (Lipinski definition) is 2. The lowest BCUT2D eigenvalue weighted by atomic mass is 9.80. The number of anilines is 1. The minimum absolute atomic E-state index is 0.0941. The molecule has 96 valence electrons. The fraction of sp³-hybridized carbons (Fsp3) is 0.533. The van der Waals surface area contributed by atoms with Crippen LogP contribution >= 0.6 is 0 Å². The lowest BCUT2D eigenvalue weighted by Gasteiger charge is -2.35. The predicted octanol–water partition coefficient (Wildman–Crippen LogP) is 2.28. The lowest BCUT2D eigenvalue weighted by Crippen LogP contribution is -2.44. The summed E-state index contributed by atoms with van der Waals surface area (Å²) in [5, 5.41) is 3.08. The number of hydrogen-bond donors (Lipinski definition) is 1. The van der Waals surface area contributed by atoms with Crippen LogP contribution in [0.25, 0.3) is 0 Å². The highest BCUT2D eigenvalue weighted by Crippen LogP contribution is 2.46. The number of rotatable bonds is 1. The number of carbonyl (C=O) groups is 1. The highest BCUT2D eigenvalue weighted by Gasteiger charge is 2.40. The summed E-state index contributed by atoms with van der Waals surface area (Å²) in [5.74, 6) is 0.743. The van der Waals surface area contributed by atoms with Crippen molar-refractivity contribution in [3.8, 4) is 0 Å². The summed E-state index contributed by atoms with van der Waals surface area (Å²) < 4.78 is 0. The molecule has 2 aliphatic rings. The van der Waals surface area contributed by atoms with Crippen LogP contribution in [0.3, 0.4) is 0 Å². The van der Waals surface area contributed by atoms with Crippen LogP contribution in [0.15, 0.2) is 24.3 Å². The smallest absolute Gasteiger partial charge is 0.217 e. The van der Waals surface area contributed by atoms with Crippen LogP contribution in [0.2, 0.25) is 0 Å². The van der Waals surface area contributed by atoms with Gasteiger partial charge < -0.3 is 10.2 Å². The van der Waals surface area contributed by atoms with E-state index in [4.69, 9.17) is 0 Å². The fourth-order valence-corrected chi connectivity index (χ4v) is 3.66. The van der Waals surface area contributed by atoms with Gasteiger partial charge in [0.1, 0.15) is 0 Å². The van der Waals surface area contributed by atoms with E-state index in [0.717, 1.165) is 12.8 Å². The van der Waals surface area contributed by atoms with Crippen molar-refractivity contribution in [1.29, 1.82) is 0 Å². The van der Waals surface area contributed by atoms with E-state index in [-0.39, 0.29) is 5.91 Å². The summed E-state index contributed by atoms with van der Waals surface area (Å²) in [6.07, 6.45) is 3.34. The number of likely N-dealkylation sites (N-methyl/N-ethyl adjacent to an activating group) is 1. The maximum atomic E-state index is 11.2. The van der Waals surface area contributed by atoms with Gasteiger partial charge in [0.2, 0.25) is 5.91 Å². The molecule has 3 heteroatoms. The third-order valence-corrected chi connectivity index (χ3v) is 4.44. The summed E-state index contributed by atoms with van der Waals surface area (Å²) in [5.41, 5.74) is 2.86. The van der Waals surface area contributed by atoms with Crippen LogP contribution in [-0.2, 0) is 4.79 Å². The number of benzene rings is 1. The zero-order chi connectivity index (χ0) is 12.7. The van der Waals surface area contributed by atoms with E-state index in [1.807, 2.05) is 0 Å². The number of nitrogens with one attached hydrogen (secondary N) is 1. The van der Waals surface area contributed by atoms with Gasteiger partial charge in [0.05, 0.1) is 0 Å². The van der Waals surface area contributed by atoms with Crippen molar-refractivity contribution in [1.82, 2.24) is 5.32 Å². The Hall–Kier alpha value is -1.51. The summed E-state index contributed by atoms with van der Waals surface area (Å²) in [7, 11) is 2.18. The molecular weight excluding hydrogens is 224 g/mol. The molecule has 18 heavy (non-hydrogen) atoms. The number of para-hydroxylation sites is 1. The number of carbonyl (C=O) groups excluding carboxylic acids is 1. The molecule has 1 aromatic carbocycles. The number of nitrogens with zero attached hydrogens (tertiary/aromatic N) is 1. The second kappa shape index (κ2) is 4.30. The SMILES string of the molecule is CC(=O)NC1CC[C@H]2c3ccccc3N(C)[C@H]2C1. The maximum absolute atomic E-state index is 11.2. The Kier molecular flexibility index (Phi) is 2.77. The molecule has 0 bridgehead atoms. The first-order chi connectivity index (χ1) is 8.66.